The van der Waals surface area contributed by atoms with Gasteiger partial charge in [-0.15, -0.1) is 0 Å². The van der Waals surface area contributed by atoms with E-state index in [1.165, 1.54) is 13.8 Å². The molecule has 12 heavy (non-hydrogen) atoms. The predicted octanol–water partition coefficient (Wildman–Crippen LogP) is -1.14. The number of rotatable bonds is 4. The van der Waals surface area contributed by atoms with Gasteiger partial charge in [-0.05, 0) is 13.8 Å². The monoisotopic (exact) mass is 176 g/mol. The molecule has 0 fully saturated rings. The Morgan fingerprint density at radius 2 is 1.92 bits per heavy atom. The summed E-state index contributed by atoms with van der Waals surface area (Å²) in [6.07, 6.45) is -2.77. The summed E-state index contributed by atoms with van der Waals surface area (Å²) in [5.74, 6) is -1.30. The first-order valence-electron chi connectivity index (χ1n) is 3.47. The number of carbonyl (C=O) groups excluding carboxylic acids is 2. The molecule has 0 aromatic carbocycles. The van der Waals surface area contributed by atoms with Crippen LogP contribution in [0.3, 0.4) is 0 Å². The van der Waals surface area contributed by atoms with E-state index in [9.17, 15) is 9.59 Å². The second-order valence-corrected chi connectivity index (χ2v) is 2.50. The summed E-state index contributed by atoms with van der Waals surface area (Å²) in [4.78, 5) is 21.0. The van der Waals surface area contributed by atoms with Crippen LogP contribution >= 0.6 is 0 Å². The van der Waals surface area contributed by atoms with Crippen molar-refractivity contribution >= 4 is 11.8 Å². The Morgan fingerprint density at radius 3 is 2.25 bits per heavy atom. The van der Waals surface area contributed by atoms with Crippen LogP contribution in [0.25, 0.3) is 0 Å². The first-order chi connectivity index (χ1) is 5.45. The van der Waals surface area contributed by atoms with Crippen molar-refractivity contribution in [3.8, 4) is 0 Å². The highest BCUT2D eigenvalue weighted by molar-refractivity contribution is 5.81. The summed E-state index contributed by atoms with van der Waals surface area (Å²) in [6, 6.07) is 0. The molecular weight excluding hydrogens is 164 g/mol. The van der Waals surface area contributed by atoms with Gasteiger partial charge >= 0.3 is 5.97 Å². The molecule has 2 atom stereocenters. The van der Waals surface area contributed by atoms with Crippen LogP contribution < -0.4 is 0 Å². The highest BCUT2D eigenvalue weighted by Crippen LogP contribution is 1.95. The zero-order chi connectivity index (χ0) is 9.72. The number of hydrogen-bond acceptors (Lipinski definition) is 5. The van der Waals surface area contributed by atoms with E-state index in [-0.39, 0.29) is 12.4 Å². The van der Waals surface area contributed by atoms with Gasteiger partial charge in [0, 0.05) is 0 Å². The van der Waals surface area contributed by atoms with Crippen molar-refractivity contribution in [1.82, 2.24) is 0 Å². The Kier molecular flexibility index (Phi) is 4.46. The van der Waals surface area contributed by atoms with Crippen LogP contribution in [0.5, 0.6) is 0 Å². The lowest BCUT2D eigenvalue weighted by Gasteiger charge is -2.11. The lowest BCUT2D eigenvalue weighted by Crippen LogP contribution is -2.34. The summed E-state index contributed by atoms with van der Waals surface area (Å²) in [7, 11) is 0. The van der Waals surface area contributed by atoms with Crippen LogP contribution in [0.15, 0.2) is 0 Å². The zero-order valence-electron chi connectivity index (χ0n) is 6.98. The van der Waals surface area contributed by atoms with Crippen LogP contribution in [-0.4, -0.2) is 40.8 Å². The van der Waals surface area contributed by atoms with Gasteiger partial charge in [-0.25, -0.2) is 4.79 Å². The SMILES string of the molecule is CC(=O)COC(=O)C(O)C(C)O. The van der Waals surface area contributed by atoms with Gasteiger partial charge in [-0.3, -0.25) is 4.79 Å². The van der Waals surface area contributed by atoms with Crippen molar-refractivity contribution in [2.24, 2.45) is 0 Å². The van der Waals surface area contributed by atoms with E-state index in [2.05, 4.69) is 4.74 Å². The maximum absolute atomic E-state index is 10.7. The molecule has 0 radical (unpaired) electrons. The molecule has 0 aliphatic rings. The number of ketones is 1. The summed E-state index contributed by atoms with van der Waals surface area (Å²) in [6.45, 7) is 2.13. The van der Waals surface area contributed by atoms with Gasteiger partial charge < -0.3 is 14.9 Å². The molecule has 0 aromatic heterocycles. The van der Waals surface area contributed by atoms with E-state index >= 15 is 0 Å². The van der Waals surface area contributed by atoms with E-state index in [4.69, 9.17) is 10.2 Å². The van der Waals surface area contributed by atoms with E-state index < -0.39 is 18.2 Å². The molecule has 0 bridgehead atoms. The molecular formula is C7H12O5. The number of hydrogen-bond donors (Lipinski definition) is 2. The molecule has 0 aliphatic carbocycles. The fourth-order valence-corrected chi connectivity index (χ4v) is 0.455. The van der Waals surface area contributed by atoms with Crippen molar-refractivity contribution in [2.75, 3.05) is 6.61 Å². The van der Waals surface area contributed by atoms with Crippen LogP contribution in [0.2, 0.25) is 0 Å². The summed E-state index contributed by atoms with van der Waals surface area (Å²) in [5.41, 5.74) is 0. The molecule has 2 N–H and O–H groups in total. The van der Waals surface area contributed by atoms with Crippen molar-refractivity contribution in [3.05, 3.63) is 0 Å². The van der Waals surface area contributed by atoms with Crippen molar-refractivity contribution < 1.29 is 24.5 Å². The highest BCUT2D eigenvalue weighted by Gasteiger charge is 2.21. The van der Waals surface area contributed by atoms with Crippen molar-refractivity contribution in [3.63, 3.8) is 0 Å². The number of aliphatic hydroxyl groups is 2. The quantitative estimate of drug-likeness (QED) is 0.529. The Balaban J connectivity index is 3.80. The van der Waals surface area contributed by atoms with Crippen LogP contribution in [0, 0.1) is 0 Å². The lowest BCUT2D eigenvalue weighted by atomic mass is 10.2. The molecule has 0 saturated heterocycles. The third-order valence-corrected chi connectivity index (χ3v) is 1.12. The lowest BCUT2D eigenvalue weighted by molar-refractivity contribution is -0.161. The smallest absolute Gasteiger partial charge is 0.338 e. The highest BCUT2D eigenvalue weighted by atomic mass is 16.6. The average molecular weight is 176 g/mol. The maximum Gasteiger partial charge on any atom is 0.338 e. The van der Waals surface area contributed by atoms with Crippen molar-refractivity contribution in [1.29, 1.82) is 0 Å². The molecule has 0 rings (SSSR count). The molecule has 0 heterocycles. The summed E-state index contributed by atoms with van der Waals surface area (Å²) in [5, 5.41) is 17.6. The molecule has 0 aliphatic heterocycles. The maximum atomic E-state index is 10.7. The topological polar surface area (TPSA) is 83.8 Å². The van der Waals surface area contributed by atoms with Gasteiger partial charge in [0.05, 0.1) is 6.10 Å². The third kappa shape index (κ3) is 4.05. The number of esters is 1. The minimum Gasteiger partial charge on any atom is -0.456 e. The fraction of sp³-hybridized carbons (Fsp3) is 0.714. The Bertz CT molecular complexity index is 175. The van der Waals surface area contributed by atoms with E-state index in [1.807, 2.05) is 0 Å². The van der Waals surface area contributed by atoms with Crippen LogP contribution in [-0.2, 0) is 14.3 Å². The normalized spacial score (nSPS) is 15.0. The predicted molar refractivity (Wildman–Crippen MR) is 39.3 cm³/mol. The second-order valence-electron chi connectivity index (χ2n) is 2.50. The van der Waals surface area contributed by atoms with Crippen LogP contribution in [0.4, 0.5) is 0 Å². The van der Waals surface area contributed by atoms with E-state index in [0.29, 0.717) is 0 Å². The van der Waals surface area contributed by atoms with E-state index in [1.54, 1.807) is 0 Å². The average Bonchev–Trinajstić information content (AvgIpc) is 1.98. The number of ether oxygens (including phenoxy) is 1. The van der Waals surface area contributed by atoms with E-state index in [0.717, 1.165) is 0 Å². The zero-order valence-corrected chi connectivity index (χ0v) is 6.98. The minimum atomic E-state index is -1.58. The first-order valence-corrected chi connectivity index (χ1v) is 3.47. The Hall–Kier alpha value is -0.940. The third-order valence-electron chi connectivity index (χ3n) is 1.12. The second kappa shape index (κ2) is 4.84. The van der Waals surface area contributed by atoms with Gasteiger partial charge in [0.2, 0.25) is 0 Å². The van der Waals surface area contributed by atoms with Gasteiger partial charge in [0.15, 0.2) is 11.9 Å². The van der Waals surface area contributed by atoms with Crippen molar-refractivity contribution in [2.45, 2.75) is 26.1 Å². The number of carbonyl (C=O) groups is 2. The van der Waals surface area contributed by atoms with Gasteiger partial charge in [-0.2, -0.15) is 0 Å². The summed E-state index contributed by atoms with van der Waals surface area (Å²) < 4.78 is 4.33. The fourth-order valence-electron chi connectivity index (χ4n) is 0.455. The number of aliphatic hydroxyl groups excluding tert-OH is 2. The molecule has 2 unspecified atom stereocenters. The molecule has 0 saturated carbocycles. The first kappa shape index (κ1) is 11.1. The molecule has 70 valence electrons. The Morgan fingerprint density at radius 1 is 1.42 bits per heavy atom. The largest absolute Gasteiger partial charge is 0.456 e. The molecule has 0 aromatic rings. The molecule has 5 heteroatoms. The number of Topliss-reactive ketones (excluding diaryl/α,β-unsaturated/α-hetero) is 1. The molecule has 0 amide bonds. The minimum absolute atomic E-state index is 0.318. The van der Waals surface area contributed by atoms with Gasteiger partial charge in [0.25, 0.3) is 0 Å². The standard InChI is InChI=1S/C7H12O5/c1-4(8)3-12-7(11)6(10)5(2)9/h5-6,9-10H,3H2,1-2H3. The van der Waals surface area contributed by atoms with Gasteiger partial charge in [-0.1, -0.05) is 0 Å². The van der Waals surface area contributed by atoms with Crippen LogP contribution in [0.1, 0.15) is 13.8 Å². The van der Waals surface area contributed by atoms with Gasteiger partial charge in [0.1, 0.15) is 6.61 Å². The molecule has 5 nitrogen and oxygen atoms in total. The Labute approximate surface area is 70.0 Å². The summed E-state index contributed by atoms with van der Waals surface area (Å²) >= 11 is 0. The molecule has 0 spiro atoms.